The number of benzene rings is 2. The van der Waals surface area contributed by atoms with Crippen molar-refractivity contribution in [3.8, 4) is 16.9 Å². The fourth-order valence-electron chi connectivity index (χ4n) is 3.19. The normalized spacial score (nSPS) is 11.1. The van der Waals surface area contributed by atoms with Crippen molar-refractivity contribution in [2.75, 3.05) is 11.9 Å². The van der Waals surface area contributed by atoms with Gasteiger partial charge in [-0.1, -0.05) is 30.3 Å². The molecule has 1 N–H and O–H groups in total. The molecule has 0 fully saturated rings. The van der Waals surface area contributed by atoms with Gasteiger partial charge in [-0.25, -0.2) is 9.48 Å². The predicted octanol–water partition coefficient (Wildman–Crippen LogP) is 4.75. The molecule has 2 heterocycles. The van der Waals surface area contributed by atoms with E-state index in [1.807, 2.05) is 18.2 Å². The molecular weight excluding hydrogens is 449 g/mol. The van der Waals surface area contributed by atoms with Crippen LogP contribution in [0.3, 0.4) is 0 Å². The Kier molecular flexibility index (Phi) is 6.39. The molecule has 0 saturated heterocycles. The molecule has 0 atom stereocenters. The molecule has 2 aromatic carbocycles. The molecule has 0 aliphatic rings. The summed E-state index contributed by atoms with van der Waals surface area (Å²) in [6, 6.07) is 17.0. The number of aromatic nitrogens is 3. The van der Waals surface area contributed by atoms with Gasteiger partial charge in [0.2, 0.25) is 0 Å². The van der Waals surface area contributed by atoms with Crippen LogP contribution in [-0.4, -0.2) is 33.2 Å². The molecule has 7 nitrogen and oxygen atoms in total. The minimum atomic E-state index is -4.65. The van der Waals surface area contributed by atoms with Crippen molar-refractivity contribution in [1.29, 1.82) is 0 Å². The van der Waals surface area contributed by atoms with Crippen LogP contribution in [0, 0.1) is 0 Å². The highest BCUT2D eigenvalue weighted by atomic mass is 19.4. The van der Waals surface area contributed by atoms with E-state index in [2.05, 4.69) is 15.4 Å². The number of hydrogen-bond donors (Lipinski definition) is 1. The second-order valence-corrected chi connectivity index (χ2v) is 7.08. The van der Waals surface area contributed by atoms with Gasteiger partial charge in [0.1, 0.15) is 11.3 Å². The minimum Gasteiger partial charge on any atom is -0.452 e. The molecule has 0 bridgehead atoms. The Morgan fingerprint density at radius 2 is 1.71 bits per heavy atom. The number of ether oxygens (including phenoxy) is 1. The van der Waals surface area contributed by atoms with E-state index in [9.17, 15) is 22.8 Å². The van der Waals surface area contributed by atoms with Gasteiger partial charge in [-0.05, 0) is 36.4 Å². The van der Waals surface area contributed by atoms with E-state index in [0.29, 0.717) is 11.3 Å². The molecule has 2 aromatic heterocycles. The summed E-state index contributed by atoms with van der Waals surface area (Å²) < 4.78 is 46.0. The van der Waals surface area contributed by atoms with E-state index in [0.717, 1.165) is 12.1 Å². The van der Waals surface area contributed by atoms with E-state index < -0.39 is 35.9 Å². The largest absolute Gasteiger partial charge is 0.452 e. The summed E-state index contributed by atoms with van der Waals surface area (Å²) in [5.74, 6) is -1.77. The van der Waals surface area contributed by atoms with Crippen LogP contribution in [0.5, 0.6) is 0 Å². The van der Waals surface area contributed by atoms with Crippen LogP contribution in [0.1, 0.15) is 15.9 Å². The van der Waals surface area contributed by atoms with Crippen LogP contribution < -0.4 is 5.32 Å². The maximum atomic E-state index is 13.1. The van der Waals surface area contributed by atoms with Gasteiger partial charge in [-0.15, -0.1) is 0 Å². The van der Waals surface area contributed by atoms with E-state index in [1.54, 1.807) is 30.5 Å². The number of rotatable bonds is 6. The van der Waals surface area contributed by atoms with Crippen molar-refractivity contribution in [2.45, 2.75) is 6.18 Å². The molecule has 1 amide bonds. The molecule has 0 saturated carbocycles. The number of amides is 1. The second kappa shape index (κ2) is 9.57. The van der Waals surface area contributed by atoms with Crippen LogP contribution >= 0.6 is 0 Å². The lowest BCUT2D eigenvalue weighted by Crippen LogP contribution is -2.22. The fraction of sp³-hybridized carbons (Fsp3) is 0.0833. The Labute approximate surface area is 191 Å². The van der Waals surface area contributed by atoms with Gasteiger partial charge < -0.3 is 10.1 Å². The third-order valence-electron chi connectivity index (χ3n) is 4.73. The zero-order valence-electron chi connectivity index (χ0n) is 17.5. The first-order valence-electron chi connectivity index (χ1n) is 10.0. The number of hydrogen-bond acceptors (Lipinski definition) is 5. The van der Waals surface area contributed by atoms with Crippen molar-refractivity contribution in [1.82, 2.24) is 14.8 Å². The lowest BCUT2D eigenvalue weighted by molar-refractivity contribution is -0.137. The highest BCUT2D eigenvalue weighted by molar-refractivity contribution is 5.99. The minimum absolute atomic E-state index is 0.0698. The molecule has 10 heteroatoms. The molecule has 4 aromatic rings. The highest BCUT2D eigenvalue weighted by Crippen LogP contribution is 2.34. The summed E-state index contributed by atoms with van der Waals surface area (Å²) in [7, 11) is 0. The molecule has 0 spiro atoms. The number of para-hydroxylation sites is 2. The third kappa shape index (κ3) is 5.12. The first-order chi connectivity index (χ1) is 16.3. The van der Waals surface area contributed by atoms with Crippen molar-refractivity contribution < 1.29 is 27.5 Å². The lowest BCUT2D eigenvalue weighted by atomic mass is 10.1. The fourth-order valence-corrected chi connectivity index (χ4v) is 3.19. The molecule has 0 aliphatic carbocycles. The van der Waals surface area contributed by atoms with E-state index in [-0.39, 0.29) is 11.3 Å². The number of carbonyl (C=O) groups is 2. The van der Waals surface area contributed by atoms with Gasteiger partial charge >= 0.3 is 12.1 Å². The molecule has 34 heavy (non-hydrogen) atoms. The number of nitrogens with zero attached hydrogens (tertiary/aromatic N) is 3. The molecular formula is C24H17F3N4O3. The predicted molar refractivity (Wildman–Crippen MR) is 117 cm³/mol. The van der Waals surface area contributed by atoms with Gasteiger partial charge in [0.15, 0.2) is 6.61 Å². The second-order valence-electron chi connectivity index (χ2n) is 7.08. The standard InChI is InChI=1S/C24H17F3N4O3/c25-24(26,27)19-10-4-5-11-20(19)29-21(32)15-34-23(33)18-14-31(17-8-2-1-3-9-17)30-22(18)16-7-6-12-28-13-16/h1-14H,15H2,(H,29,32). The Morgan fingerprint density at radius 3 is 2.41 bits per heavy atom. The molecule has 0 unspecified atom stereocenters. The lowest BCUT2D eigenvalue weighted by Gasteiger charge is -2.13. The Balaban J connectivity index is 1.53. The molecule has 0 aliphatic heterocycles. The van der Waals surface area contributed by atoms with Crippen LogP contribution in [0.4, 0.5) is 18.9 Å². The number of halogens is 3. The topological polar surface area (TPSA) is 86.1 Å². The Hall–Kier alpha value is -4.47. The van der Waals surface area contributed by atoms with Gasteiger partial charge in [-0.2, -0.15) is 18.3 Å². The SMILES string of the molecule is O=C(COC(=O)c1cn(-c2ccccc2)nc1-c1cccnc1)Nc1ccccc1C(F)(F)F. The van der Waals surface area contributed by atoms with Crippen molar-refractivity contribution in [2.24, 2.45) is 0 Å². The van der Waals surface area contributed by atoms with Gasteiger partial charge in [0, 0.05) is 24.2 Å². The van der Waals surface area contributed by atoms with Crippen molar-refractivity contribution in [3.05, 3.63) is 96.4 Å². The van der Waals surface area contributed by atoms with E-state index >= 15 is 0 Å². The zero-order valence-corrected chi connectivity index (χ0v) is 17.5. The average Bonchev–Trinajstić information content (AvgIpc) is 3.29. The van der Waals surface area contributed by atoms with E-state index in [1.165, 1.54) is 29.2 Å². The number of esters is 1. The van der Waals surface area contributed by atoms with Crippen molar-refractivity contribution in [3.63, 3.8) is 0 Å². The van der Waals surface area contributed by atoms with Crippen LogP contribution in [0.25, 0.3) is 16.9 Å². The Morgan fingerprint density at radius 1 is 0.971 bits per heavy atom. The molecule has 0 radical (unpaired) electrons. The monoisotopic (exact) mass is 466 g/mol. The number of alkyl halides is 3. The number of anilines is 1. The smallest absolute Gasteiger partial charge is 0.418 e. The maximum Gasteiger partial charge on any atom is 0.418 e. The summed E-state index contributed by atoms with van der Waals surface area (Å²) in [6.45, 7) is -0.784. The first kappa shape index (κ1) is 22.7. The van der Waals surface area contributed by atoms with Crippen LogP contribution in [0.15, 0.2) is 85.3 Å². The third-order valence-corrected chi connectivity index (χ3v) is 4.73. The number of pyridine rings is 1. The van der Waals surface area contributed by atoms with Gasteiger partial charge in [-0.3, -0.25) is 9.78 Å². The number of nitrogens with one attached hydrogen (secondary N) is 1. The Bertz CT molecular complexity index is 1310. The highest BCUT2D eigenvalue weighted by Gasteiger charge is 2.33. The van der Waals surface area contributed by atoms with Gasteiger partial charge in [0.25, 0.3) is 5.91 Å². The zero-order chi connectivity index (χ0) is 24.1. The maximum absolute atomic E-state index is 13.1. The quantitative estimate of drug-likeness (QED) is 0.415. The summed E-state index contributed by atoms with van der Waals surface area (Å²) in [5, 5.41) is 6.59. The van der Waals surface area contributed by atoms with E-state index in [4.69, 9.17) is 4.74 Å². The molecule has 4 rings (SSSR count). The number of carbonyl (C=O) groups excluding carboxylic acids is 2. The summed E-state index contributed by atoms with van der Waals surface area (Å²) >= 11 is 0. The molecule has 172 valence electrons. The summed E-state index contributed by atoms with van der Waals surface area (Å²) in [5.41, 5.74) is 0.160. The van der Waals surface area contributed by atoms with Gasteiger partial charge in [0.05, 0.1) is 16.9 Å². The van der Waals surface area contributed by atoms with Crippen LogP contribution in [0.2, 0.25) is 0 Å². The van der Waals surface area contributed by atoms with Crippen LogP contribution in [-0.2, 0) is 15.7 Å². The van der Waals surface area contributed by atoms with Crippen molar-refractivity contribution >= 4 is 17.6 Å². The summed E-state index contributed by atoms with van der Waals surface area (Å²) in [4.78, 5) is 29.1. The first-order valence-corrected chi connectivity index (χ1v) is 10.0. The summed E-state index contributed by atoms with van der Waals surface area (Å²) in [6.07, 6.45) is -0.101. The average molecular weight is 466 g/mol.